The van der Waals surface area contributed by atoms with Crippen molar-refractivity contribution in [3.63, 3.8) is 0 Å². The van der Waals surface area contributed by atoms with E-state index in [9.17, 15) is 4.79 Å². The molecule has 0 aliphatic carbocycles. The topological polar surface area (TPSA) is 29.5 Å². The maximum Gasteiger partial charge on any atom is 0.410 e. The van der Waals surface area contributed by atoms with Crippen LogP contribution >= 0.6 is 0 Å². The number of carbonyl (C=O) groups excluding carboxylic acids is 1. The Morgan fingerprint density at radius 3 is 1.96 bits per heavy atom. The highest BCUT2D eigenvalue weighted by atomic mass is 16.6. The summed E-state index contributed by atoms with van der Waals surface area (Å²) in [6, 6.07) is 20.1. The number of rotatable bonds is 5. The third-order valence-corrected chi connectivity index (χ3v) is 3.94. The van der Waals surface area contributed by atoms with Crippen LogP contribution in [-0.4, -0.2) is 22.6 Å². The molecule has 3 nitrogen and oxygen atoms in total. The van der Waals surface area contributed by atoms with Crippen LogP contribution in [0.15, 0.2) is 60.7 Å². The van der Waals surface area contributed by atoms with Gasteiger partial charge in [-0.15, -0.1) is 0 Å². The van der Waals surface area contributed by atoms with Crippen molar-refractivity contribution in [1.82, 2.24) is 4.90 Å². The van der Waals surface area contributed by atoms with Crippen molar-refractivity contribution in [3.8, 4) is 0 Å². The lowest BCUT2D eigenvalue weighted by atomic mass is 10.00. The minimum Gasteiger partial charge on any atom is -0.445 e. The molecule has 0 N–H and O–H groups in total. The van der Waals surface area contributed by atoms with Gasteiger partial charge in [0.15, 0.2) is 0 Å². The number of benzene rings is 2. The van der Waals surface area contributed by atoms with Gasteiger partial charge in [0.1, 0.15) is 6.61 Å². The van der Waals surface area contributed by atoms with Gasteiger partial charge in [0.05, 0.1) is 0 Å². The zero-order valence-electron chi connectivity index (χ0n) is 15.0. The SMILES string of the molecule is C[C@@H](Cc1ccccc1)N(C(=O)OCc1ccccc1)C(C)(C)C. The van der Waals surface area contributed by atoms with Crippen molar-refractivity contribution < 1.29 is 9.53 Å². The first-order valence-corrected chi connectivity index (χ1v) is 8.42. The fourth-order valence-electron chi connectivity index (χ4n) is 2.95. The summed E-state index contributed by atoms with van der Waals surface area (Å²) in [6.07, 6.45) is 0.535. The summed E-state index contributed by atoms with van der Waals surface area (Å²) in [5.41, 5.74) is 1.91. The van der Waals surface area contributed by atoms with Crippen molar-refractivity contribution >= 4 is 6.09 Å². The monoisotopic (exact) mass is 325 g/mol. The molecule has 0 bridgehead atoms. The highest BCUT2D eigenvalue weighted by Crippen LogP contribution is 2.21. The van der Waals surface area contributed by atoms with Gasteiger partial charge in [-0.05, 0) is 45.2 Å². The molecule has 0 spiro atoms. The largest absolute Gasteiger partial charge is 0.445 e. The molecular formula is C21H27NO2. The molecule has 2 aromatic carbocycles. The summed E-state index contributed by atoms with van der Waals surface area (Å²) in [7, 11) is 0. The summed E-state index contributed by atoms with van der Waals surface area (Å²) in [5, 5.41) is 0. The Kier molecular flexibility index (Phi) is 6.02. The Morgan fingerprint density at radius 2 is 1.46 bits per heavy atom. The molecule has 0 saturated heterocycles. The molecule has 24 heavy (non-hydrogen) atoms. The smallest absolute Gasteiger partial charge is 0.410 e. The Balaban J connectivity index is 2.05. The van der Waals surface area contributed by atoms with Gasteiger partial charge in [-0.2, -0.15) is 0 Å². The molecule has 0 fully saturated rings. The molecule has 0 saturated carbocycles. The molecule has 1 atom stereocenters. The lowest BCUT2D eigenvalue weighted by Gasteiger charge is -2.39. The minimum absolute atomic E-state index is 0.0515. The van der Waals surface area contributed by atoms with E-state index in [4.69, 9.17) is 4.74 Å². The van der Waals surface area contributed by atoms with Crippen LogP contribution in [0, 0.1) is 0 Å². The van der Waals surface area contributed by atoms with E-state index in [1.54, 1.807) is 0 Å². The number of hydrogen-bond donors (Lipinski definition) is 0. The quantitative estimate of drug-likeness (QED) is 0.769. The summed E-state index contributed by atoms with van der Waals surface area (Å²) >= 11 is 0. The summed E-state index contributed by atoms with van der Waals surface area (Å²) < 4.78 is 5.56. The average molecular weight is 325 g/mol. The van der Waals surface area contributed by atoms with E-state index in [1.165, 1.54) is 5.56 Å². The number of ether oxygens (including phenoxy) is 1. The first-order valence-electron chi connectivity index (χ1n) is 8.42. The van der Waals surface area contributed by atoms with E-state index in [-0.39, 0.29) is 17.7 Å². The molecule has 2 aromatic rings. The van der Waals surface area contributed by atoms with Gasteiger partial charge < -0.3 is 9.64 Å². The lowest BCUT2D eigenvalue weighted by Crippen LogP contribution is -2.51. The molecule has 0 unspecified atom stereocenters. The number of carbonyl (C=O) groups is 1. The maximum absolute atomic E-state index is 12.7. The van der Waals surface area contributed by atoms with Crippen molar-refractivity contribution in [2.24, 2.45) is 0 Å². The van der Waals surface area contributed by atoms with Crippen LogP contribution in [0.3, 0.4) is 0 Å². The van der Waals surface area contributed by atoms with Crippen molar-refractivity contribution in [3.05, 3.63) is 71.8 Å². The minimum atomic E-state index is -0.304. The van der Waals surface area contributed by atoms with Gasteiger partial charge in [-0.25, -0.2) is 4.79 Å². The Hall–Kier alpha value is -2.29. The normalized spacial score (nSPS) is 12.5. The van der Waals surface area contributed by atoms with Gasteiger partial charge in [0.2, 0.25) is 0 Å². The molecule has 0 radical (unpaired) electrons. The molecule has 0 aromatic heterocycles. The summed E-state index contributed by atoms with van der Waals surface area (Å²) in [5.74, 6) is 0. The first kappa shape index (κ1) is 18.1. The van der Waals surface area contributed by atoms with E-state index in [2.05, 4.69) is 19.1 Å². The highest BCUT2D eigenvalue weighted by molar-refractivity contribution is 5.69. The van der Waals surface area contributed by atoms with Crippen LogP contribution in [0.2, 0.25) is 0 Å². The van der Waals surface area contributed by atoms with Crippen LogP contribution in [0.4, 0.5) is 4.79 Å². The van der Waals surface area contributed by atoms with Crippen molar-refractivity contribution in [1.29, 1.82) is 0 Å². The van der Waals surface area contributed by atoms with Crippen LogP contribution in [0.1, 0.15) is 38.8 Å². The fraction of sp³-hybridized carbons (Fsp3) is 0.381. The number of hydrogen-bond acceptors (Lipinski definition) is 2. The molecule has 0 aliphatic rings. The molecule has 128 valence electrons. The lowest BCUT2D eigenvalue weighted by molar-refractivity contribution is 0.0437. The van der Waals surface area contributed by atoms with Gasteiger partial charge in [0.25, 0.3) is 0 Å². The summed E-state index contributed by atoms with van der Waals surface area (Å²) in [4.78, 5) is 14.5. The summed E-state index contributed by atoms with van der Waals surface area (Å²) in [6.45, 7) is 8.49. The van der Waals surface area contributed by atoms with E-state index < -0.39 is 0 Å². The predicted molar refractivity (Wildman–Crippen MR) is 97.8 cm³/mol. The molecule has 2 rings (SSSR count). The number of nitrogens with zero attached hydrogens (tertiary/aromatic N) is 1. The van der Waals surface area contributed by atoms with E-state index in [0.717, 1.165) is 12.0 Å². The second kappa shape index (κ2) is 8.00. The van der Waals surface area contributed by atoms with Crippen LogP contribution in [-0.2, 0) is 17.8 Å². The zero-order valence-corrected chi connectivity index (χ0v) is 15.0. The molecule has 3 heteroatoms. The Morgan fingerprint density at radius 1 is 0.958 bits per heavy atom. The van der Waals surface area contributed by atoms with Crippen LogP contribution < -0.4 is 0 Å². The molecule has 1 amide bonds. The highest BCUT2D eigenvalue weighted by Gasteiger charge is 2.32. The molecule has 0 heterocycles. The third-order valence-electron chi connectivity index (χ3n) is 3.94. The van der Waals surface area contributed by atoms with E-state index >= 15 is 0 Å². The van der Waals surface area contributed by atoms with Gasteiger partial charge in [-0.1, -0.05) is 60.7 Å². The standard InChI is InChI=1S/C21H27NO2/c1-17(15-18-11-7-5-8-12-18)22(21(2,3)4)20(23)24-16-19-13-9-6-10-14-19/h5-14,17H,15-16H2,1-4H3/t17-/m0/s1. The predicted octanol–water partition coefficient (Wildman–Crippen LogP) is 5.05. The van der Waals surface area contributed by atoms with Crippen molar-refractivity contribution in [2.45, 2.75) is 52.3 Å². The average Bonchev–Trinajstić information content (AvgIpc) is 2.53. The van der Waals surface area contributed by atoms with E-state index in [0.29, 0.717) is 6.61 Å². The maximum atomic E-state index is 12.7. The molecule has 0 aliphatic heterocycles. The van der Waals surface area contributed by atoms with Crippen molar-refractivity contribution in [2.75, 3.05) is 0 Å². The van der Waals surface area contributed by atoms with Gasteiger partial charge >= 0.3 is 6.09 Å². The third kappa shape index (κ3) is 5.12. The second-order valence-electron chi connectivity index (χ2n) is 7.12. The van der Waals surface area contributed by atoms with Gasteiger partial charge in [0, 0.05) is 11.6 Å². The Bertz CT molecular complexity index is 632. The second-order valence-corrected chi connectivity index (χ2v) is 7.12. The fourth-order valence-corrected chi connectivity index (χ4v) is 2.95. The molecular weight excluding hydrogens is 298 g/mol. The Labute approximate surface area is 145 Å². The van der Waals surface area contributed by atoms with Crippen LogP contribution in [0.5, 0.6) is 0 Å². The van der Waals surface area contributed by atoms with Gasteiger partial charge in [-0.3, -0.25) is 0 Å². The van der Waals surface area contributed by atoms with E-state index in [1.807, 2.05) is 74.2 Å². The zero-order chi connectivity index (χ0) is 17.6. The van der Waals surface area contributed by atoms with Crippen LogP contribution in [0.25, 0.3) is 0 Å². The first-order chi connectivity index (χ1) is 11.4. The number of amides is 1.